The summed E-state index contributed by atoms with van der Waals surface area (Å²) in [5, 5.41) is 2.82. The summed E-state index contributed by atoms with van der Waals surface area (Å²) in [5.41, 5.74) is 0.927. The number of rotatable bonds is 4. The van der Waals surface area contributed by atoms with Crippen LogP contribution in [0.4, 0.5) is 24.5 Å². The Morgan fingerprint density at radius 2 is 1.64 bits per heavy atom. The fourth-order valence-corrected chi connectivity index (χ4v) is 5.82. The van der Waals surface area contributed by atoms with Crippen LogP contribution in [-0.2, 0) is 20.6 Å². The van der Waals surface area contributed by atoms with E-state index in [1.807, 2.05) is 30.3 Å². The largest absolute Gasteiger partial charge is 0.497 e. The summed E-state index contributed by atoms with van der Waals surface area (Å²) in [5.74, 6) is -3.33. The number of fused-ring (bicyclic) bond motifs is 5. The smallest absolute Gasteiger partial charge is 0.416 e. The van der Waals surface area contributed by atoms with E-state index in [0.29, 0.717) is 11.4 Å². The second-order valence-corrected chi connectivity index (χ2v) is 9.61. The molecule has 1 N–H and O–H groups in total. The standard InChI is InChI=1S/C29H22F3N3O4/c1-39-20-11-9-18(10-12-20)33-26(36)25-23-22(24-21-8-3-2-5-16(21)13-14-34(24)25)27(37)35(28(23)38)19-7-4-6-17(15-19)29(30,31)32/h2-15,22-25H,1H3,(H,33,36)/t22-,23-,24+,25+/m0/s1. The van der Waals surface area contributed by atoms with Gasteiger partial charge in [0.1, 0.15) is 11.8 Å². The van der Waals surface area contributed by atoms with Crippen molar-refractivity contribution in [3.8, 4) is 5.75 Å². The molecule has 0 unspecified atom stereocenters. The van der Waals surface area contributed by atoms with E-state index in [-0.39, 0.29) is 5.69 Å². The summed E-state index contributed by atoms with van der Waals surface area (Å²) in [4.78, 5) is 43.9. The fraction of sp³-hybridized carbons (Fsp3) is 0.207. The van der Waals surface area contributed by atoms with Crippen LogP contribution in [0.25, 0.3) is 6.08 Å². The van der Waals surface area contributed by atoms with E-state index in [0.717, 1.165) is 34.2 Å². The highest BCUT2D eigenvalue weighted by atomic mass is 19.4. The minimum atomic E-state index is -4.65. The van der Waals surface area contributed by atoms with Crippen molar-refractivity contribution < 1.29 is 32.3 Å². The molecule has 3 aromatic rings. The van der Waals surface area contributed by atoms with Gasteiger partial charge in [0.15, 0.2) is 0 Å². The van der Waals surface area contributed by atoms with Crippen molar-refractivity contribution in [2.24, 2.45) is 11.8 Å². The van der Waals surface area contributed by atoms with Crippen LogP contribution in [-0.4, -0.2) is 35.8 Å². The summed E-state index contributed by atoms with van der Waals surface area (Å²) in [7, 11) is 1.52. The molecule has 3 aliphatic rings. The summed E-state index contributed by atoms with van der Waals surface area (Å²) in [6.07, 6.45) is -1.12. The molecule has 3 heterocycles. The van der Waals surface area contributed by atoms with Gasteiger partial charge < -0.3 is 15.0 Å². The average Bonchev–Trinajstić information content (AvgIpc) is 3.41. The van der Waals surface area contributed by atoms with Crippen LogP contribution in [0, 0.1) is 11.8 Å². The van der Waals surface area contributed by atoms with Gasteiger partial charge in [0.25, 0.3) is 0 Å². The third-order valence-corrected chi connectivity index (χ3v) is 7.52. The molecule has 6 rings (SSSR count). The zero-order valence-corrected chi connectivity index (χ0v) is 20.6. The van der Waals surface area contributed by atoms with Crippen molar-refractivity contribution in [1.29, 1.82) is 0 Å². The quantitative estimate of drug-likeness (QED) is 0.485. The van der Waals surface area contributed by atoms with Crippen molar-refractivity contribution in [2.45, 2.75) is 18.3 Å². The maximum atomic E-state index is 13.8. The highest BCUT2D eigenvalue weighted by Gasteiger charge is 2.64. The van der Waals surface area contributed by atoms with Gasteiger partial charge in [0, 0.05) is 11.9 Å². The van der Waals surface area contributed by atoms with Crippen molar-refractivity contribution in [2.75, 3.05) is 17.3 Å². The molecule has 7 nitrogen and oxygen atoms in total. The number of carbonyl (C=O) groups is 3. The van der Waals surface area contributed by atoms with Crippen molar-refractivity contribution >= 4 is 35.2 Å². The Bertz CT molecular complexity index is 1520. The molecule has 0 aliphatic carbocycles. The highest BCUT2D eigenvalue weighted by Crippen LogP contribution is 2.53. The van der Waals surface area contributed by atoms with Gasteiger partial charge in [-0.25, -0.2) is 4.90 Å². The molecule has 0 saturated carbocycles. The molecule has 0 radical (unpaired) electrons. The predicted molar refractivity (Wildman–Crippen MR) is 136 cm³/mol. The predicted octanol–water partition coefficient (Wildman–Crippen LogP) is 4.87. The van der Waals surface area contributed by atoms with E-state index in [9.17, 15) is 27.6 Å². The Morgan fingerprint density at radius 1 is 0.923 bits per heavy atom. The van der Waals surface area contributed by atoms with Crippen LogP contribution in [0.15, 0.2) is 79.0 Å². The molecule has 2 saturated heterocycles. The molecule has 3 aliphatic heterocycles. The van der Waals surface area contributed by atoms with Crippen LogP contribution in [0.3, 0.4) is 0 Å². The molecular weight excluding hydrogens is 511 g/mol. The van der Waals surface area contributed by atoms with Gasteiger partial charge in [-0.2, -0.15) is 13.2 Å². The molecule has 3 aromatic carbocycles. The van der Waals surface area contributed by atoms with E-state index in [2.05, 4.69) is 5.32 Å². The first-order valence-electron chi connectivity index (χ1n) is 12.2. The van der Waals surface area contributed by atoms with Gasteiger partial charge in [-0.05, 0) is 59.7 Å². The number of alkyl halides is 3. The van der Waals surface area contributed by atoms with Crippen molar-refractivity contribution in [1.82, 2.24) is 4.90 Å². The third kappa shape index (κ3) is 3.94. The number of methoxy groups -OCH3 is 1. The number of hydrogen-bond acceptors (Lipinski definition) is 5. The van der Waals surface area contributed by atoms with E-state index in [4.69, 9.17) is 4.74 Å². The van der Waals surface area contributed by atoms with Crippen LogP contribution in [0.1, 0.15) is 22.7 Å². The number of nitrogens with one attached hydrogen (secondary N) is 1. The first-order valence-corrected chi connectivity index (χ1v) is 12.2. The average molecular weight is 534 g/mol. The van der Waals surface area contributed by atoms with Crippen LogP contribution < -0.4 is 15.0 Å². The summed E-state index contributed by atoms with van der Waals surface area (Å²) >= 11 is 0. The number of benzene rings is 3. The molecule has 0 spiro atoms. The van der Waals surface area contributed by atoms with E-state index in [1.54, 1.807) is 35.4 Å². The minimum Gasteiger partial charge on any atom is -0.497 e. The molecule has 4 atom stereocenters. The Kier molecular flexibility index (Phi) is 5.71. The molecule has 10 heteroatoms. The van der Waals surface area contributed by atoms with E-state index < -0.39 is 53.4 Å². The van der Waals surface area contributed by atoms with Gasteiger partial charge in [-0.15, -0.1) is 0 Å². The van der Waals surface area contributed by atoms with Crippen molar-refractivity contribution in [3.63, 3.8) is 0 Å². The maximum Gasteiger partial charge on any atom is 0.416 e. The summed E-state index contributed by atoms with van der Waals surface area (Å²) in [6.45, 7) is 0. The Labute approximate surface area is 221 Å². The zero-order chi connectivity index (χ0) is 27.5. The first kappa shape index (κ1) is 24.7. The number of anilines is 2. The number of halogens is 3. The lowest BCUT2D eigenvalue weighted by Crippen LogP contribution is -2.46. The molecule has 0 aromatic heterocycles. The van der Waals surface area contributed by atoms with Crippen LogP contribution in [0.5, 0.6) is 5.75 Å². The van der Waals surface area contributed by atoms with Gasteiger partial charge >= 0.3 is 6.18 Å². The third-order valence-electron chi connectivity index (χ3n) is 7.52. The number of amides is 3. The number of ether oxygens (including phenoxy) is 1. The number of imide groups is 1. The van der Waals surface area contributed by atoms with E-state index >= 15 is 0 Å². The Balaban J connectivity index is 1.42. The maximum absolute atomic E-state index is 13.8. The van der Waals surface area contributed by atoms with Crippen LogP contribution in [0.2, 0.25) is 0 Å². The summed E-state index contributed by atoms with van der Waals surface area (Å²) < 4.78 is 45.4. The zero-order valence-electron chi connectivity index (χ0n) is 20.6. The lowest BCUT2D eigenvalue weighted by molar-refractivity contribution is -0.137. The van der Waals surface area contributed by atoms with Gasteiger partial charge in [-0.3, -0.25) is 14.4 Å². The second kappa shape index (κ2) is 9.00. The summed E-state index contributed by atoms with van der Waals surface area (Å²) in [6, 6.07) is 16.4. The van der Waals surface area contributed by atoms with Crippen molar-refractivity contribution in [3.05, 3.63) is 95.7 Å². The second-order valence-electron chi connectivity index (χ2n) is 9.61. The molecule has 39 heavy (non-hydrogen) atoms. The molecular formula is C29H22F3N3O4. The molecule has 198 valence electrons. The van der Waals surface area contributed by atoms with Gasteiger partial charge in [-0.1, -0.05) is 30.3 Å². The number of carbonyl (C=O) groups excluding carboxylic acids is 3. The normalized spacial score (nSPS) is 23.4. The fourth-order valence-electron chi connectivity index (χ4n) is 5.82. The van der Waals surface area contributed by atoms with Crippen LogP contribution >= 0.6 is 0 Å². The topological polar surface area (TPSA) is 79.0 Å². The monoisotopic (exact) mass is 533 g/mol. The van der Waals surface area contributed by atoms with Gasteiger partial charge in [0.05, 0.1) is 36.2 Å². The minimum absolute atomic E-state index is 0.172. The Hall–Kier alpha value is -4.60. The number of hydrogen-bond donors (Lipinski definition) is 1. The highest BCUT2D eigenvalue weighted by molar-refractivity contribution is 6.24. The number of nitrogens with zero attached hydrogens (tertiary/aromatic N) is 2. The lowest BCUT2D eigenvalue weighted by Gasteiger charge is -2.35. The van der Waals surface area contributed by atoms with E-state index in [1.165, 1.54) is 13.2 Å². The van der Waals surface area contributed by atoms with Gasteiger partial charge in [0.2, 0.25) is 17.7 Å². The lowest BCUT2D eigenvalue weighted by atomic mass is 9.84. The SMILES string of the molecule is COc1ccc(NC(=O)[C@H]2[C@H]3C(=O)N(c4cccc(C(F)(F)F)c4)C(=O)[C@@H]3[C@H]3c4ccccc4C=CN32)cc1. The molecule has 3 amide bonds. The molecule has 2 fully saturated rings. The first-order chi connectivity index (χ1) is 18.7. The Morgan fingerprint density at radius 3 is 2.36 bits per heavy atom. The molecule has 0 bridgehead atoms.